The van der Waals surface area contributed by atoms with Crippen molar-refractivity contribution in [3.05, 3.63) is 29.8 Å². The Bertz CT molecular complexity index is 799. The van der Waals surface area contributed by atoms with Gasteiger partial charge in [0, 0.05) is 26.2 Å². The zero-order valence-electron chi connectivity index (χ0n) is 17.3. The van der Waals surface area contributed by atoms with Crippen molar-refractivity contribution in [2.45, 2.75) is 57.9 Å². The van der Waals surface area contributed by atoms with Crippen molar-refractivity contribution in [2.75, 3.05) is 26.2 Å². The number of hydrogen-bond acceptors (Lipinski definition) is 4. The van der Waals surface area contributed by atoms with Gasteiger partial charge in [0.2, 0.25) is 10.0 Å². The summed E-state index contributed by atoms with van der Waals surface area (Å²) in [5.74, 6) is -0.0254. The van der Waals surface area contributed by atoms with Gasteiger partial charge in [-0.2, -0.15) is 4.31 Å². The molecule has 8 heteroatoms. The lowest BCUT2D eigenvalue weighted by Crippen LogP contribution is -2.56. The molecule has 3 rings (SSSR count). The van der Waals surface area contributed by atoms with Gasteiger partial charge in [0.05, 0.1) is 17.1 Å². The molecule has 0 spiro atoms. The van der Waals surface area contributed by atoms with Crippen LogP contribution in [0.15, 0.2) is 29.2 Å². The molecule has 2 heterocycles. The number of morpholine rings is 1. The maximum Gasteiger partial charge on any atom is 0.321 e. The summed E-state index contributed by atoms with van der Waals surface area (Å²) >= 11 is 0. The lowest BCUT2D eigenvalue weighted by molar-refractivity contribution is -0.0595. The summed E-state index contributed by atoms with van der Waals surface area (Å²) in [7, 11) is -3.67. The Balaban J connectivity index is 1.86. The molecule has 0 bridgehead atoms. The molecular formula is C20H31N3O4S. The number of nitrogens with zero attached hydrogens (tertiary/aromatic N) is 3. The summed E-state index contributed by atoms with van der Waals surface area (Å²) in [5.41, 5.74) is 1.01. The Kier molecular flexibility index (Phi) is 6.03. The molecule has 2 fully saturated rings. The number of rotatable bonds is 3. The Labute approximate surface area is 168 Å². The van der Waals surface area contributed by atoms with Gasteiger partial charge in [-0.3, -0.25) is 0 Å². The molecule has 2 aliphatic rings. The van der Waals surface area contributed by atoms with Gasteiger partial charge in [0.25, 0.3) is 0 Å². The van der Waals surface area contributed by atoms with E-state index in [1.807, 2.05) is 34.6 Å². The van der Waals surface area contributed by atoms with Crippen molar-refractivity contribution in [2.24, 2.45) is 5.92 Å². The number of carbonyl (C=O) groups excluding carboxylic acids is 1. The minimum atomic E-state index is -3.67. The van der Waals surface area contributed by atoms with Crippen molar-refractivity contribution in [1.29, 1.82) is 0 Å². The van der Waals surface area contributed by atoms with Crippen LogP contribution in [-0.4, -0.2) is 73.1 Å². The van der Waals surface area contributed by atoms with E-state index in [-0.39, 0.29) is 29.1 Å². The van der Waals surface area contributed by atoms with Crippen LogP contribution in [0.25, 0.3) is 0 Å². The van der Waals surface area contributed by atoms with Gasteiger partial charge in [-0.1, -0.05) is 31.5 Å². The van der Waals surface area contributed by atoms with E-state index >= 15 is 0 Å². The monoisotopic (exact) mass is 409 g/mol. The molecule has 0 aliphatic carbocycles. The number of urea groups is 1. The second-order valence-corrected chi connectivity index (χ2v) is 10.1. The van der Waals surface area contributed by atoms with Crippen LogP contribution in [0.5, 0.6) is 0 Å². The molecule has 0 radical (unpaired) electrons. The van der Waals surface area contributed by atoms with Crippen LogP contribution in [0.4, 0.5) is 4.79 Å². The van der Waals surface area contributed by atoms with Gasteiger partial charge in [-0.05, 0) is 38.8 Å². The summed E-state index contributed by atoms with van der Waals surface area (Å²) in [6.07, 6.45) is -0.548. The molecule has 0 unspecified atom stereocenters. The van der Waals surface area contributed by atoms with E-state index in [1.165, 1.54) is 4.31 Å². The molecule has 28 heavy (non-hydrogen) atoms. The molecule has 0 N–H and O–H groups in total. The van der Waals surface area contributed by atoms with E-state index in [0.29, 0.717) is 26.2 Å². The first-order valence-corrected chi connectivity index (χ1v) is 11.3. The van der Waals surface area contributed by atoms with E-state index in [1.54, 1.807) is 34.1 Å². The average Bonchev–Trinajstić information content (AvgIpc) is 3.06. The summed E-state index contributed by atoms with van der Waals surface area (Å²) < 4.78 is 33.7. The predicted molar refractivity (Wildman–Crippen MR) is 107 cm³/mol. The van der Waals surface area contributed by atoms with E-state index in [4.69, 9.17) is 4.74 Å². The summed E-state index contributed by atoms with van der Waals surface area (Å²) in [5, 5.41) is 0. The SMILES string of the molecule is Cc1ccc(S(=O)(=O)N2CCN(C(=O)N3C[C@@H](C)O[C@@H](C)C3)[C@@H]2C(C)C)cc1. The first-order chi connectivity index (χ1) is 13.1. The van der Waals surface area contributed by atoms with E-state index in [2.05, 4.69) is 0 Å². The van der Waals surface area contributed by atoms with Crippen molar-refractivity contribution in [1.82, 2.24) is 14.1 Å². The van der Waals surface area contributed by atoms with Gasteiger partial charge in [-0.25, -0.2) is 13.2 Å². The molecular weight excluding hydrogens is 378 g/mol. The number of amides is 2. The Morgan fingerprint density at radius 2 is 1.64 bits per heavy atom. The van der Waals surface area contributed by atoms with Gasteiger partial charge in [0.15, 0.2) is 0 Å². The molecule has 1 aromatic carbocycles. The molecule has 2 aliphatic heterocycles. The van der Waals surface area contributed by atoms with Crippen LogP contribution in [-0.2, 0) is 14.8 Å². The van der Waals surface area contributed by atoms with Crippen molar-refractivity contribution >= 4 is 16.1 Å². The number of ether oxygens (including phenoxy) is 1. The van der Waals surface area contributed by atoms with Gasteiger partial charge in [0.1, 0.15) is 6.17 Å². The van der Waals surface area contributed by atoms with Crippen molar-refractivity contribution in [3.63, 3.8) is 0 Å². The topological polar surface area (TPSA) is 70.2 Å². The van der Waals surface area contributed by atoms with Crippen LogP contribution in [0, 0.1) is 12.8 Å². The minimum Gasteiger partial charge on any atom is -0.372 e. The molecule has 3 atom stereocenters. The van der Waals surface area contributed by atoms with E-state index in [0.717, 1.165) is 5.56 Å². The van der Waals surface area contributed by atoms with Crippen molar-refractivity contribution in [3.8, 4) is 0 Å². The van der Waals surface area contributed by atoms with Crippen LogP contribution in [0.2, 0.25) is 0 Å². The minimum absolute atomic E-state index is 0.0254. The zero-order valence-corrected chi connectivity index (χ0v) is 18.1. The second-order valence-electron chi connectivity index (χ2n) is 8.22. The summed E-state index contributed by atoms with van der Waals surface area (Å²) in [6.45, 7) is 11.5. The molecule has 2 amide bonds. The first kappa shape index (κ1) is 21.1. The fourth-order valence-corrected chi connectivity index (χ4v) is 5.87. The summed E-state index contributed by atoms with van der Waals surface area (Å²) in [4.78, 5) is 17.0. The second kappa shape index (κ2) is 8.00. The Hall–Kier alpha value is -1.64. The average molecular weight is 410 g/mol. The molecule has 156 valence electrons. The molecule has 0 saturated carbocycles. The van der Waals surface area contributed by atoms with E-state index < -0.39 is 16.2 Å². The molecule has 1 aromatic rings. The highest BCUT2D eigenvalue weighted by atomic mass is 32.2. The third-order valence-corrected chi connectivity index (χ3v) is 7.22. The molecule has 2 saturated heterocycles. The Morgan fingerprint density at radius 3 is 2.18 bits per heavy atom. The fraction of sp³-hybridized carbons (Fsp3) is 0.650. The highest BCUT2D eigenvalue weighted by Crippen LogP contribution is 2.30. The fourth-order valence-electron chi connectivity index (χ4n) is 4.15. The number of benzene rings is 1. The lowest BCUT2D eigenvalue weighted by atomic mass is 10.1. The van der Waals surface area contributed by atoms with E-state index in [9.17, 15) is 13.2 Å². The lowest BCUT2D eigenvalue weighted by Gasteiger charge is -2.40. The first-order valence-electron chi connectivity index (χ1n) is 9.90. The van der Waals surface area contributed by atoms with Crippen molar-refractivity contribution < 1.29 is 17.9 Å². The number of aryl methyl sites for hydroxylation is 1. The number of hydrogen-bond donors (Lipinski definition) is 0. The largest absolute Gasteiger partial charge is 0.372 e. The van der Waals surface area contributed by atoms with Crippen LogP contribution in [0.1, 0.15) is 33.3 Å². The smallest absolute Gasteiger partial charge is 0.321 e. The van der Waals surface area contributed by atoms with Gasteiger partial charge in [-0.15, -0.1) is 0 Å². The predicted octanol–water partition coefficient (Wildman–Crippen LogP) is 2.51. The third-order valence-electron chi connectivity index (χ3n) is 5.34. The quantitative estimate of drug-likeness (QED) is 0.769. The highest BCUT2D eigenvalue weighted by Gasteiger charge is 2.45. The maximum absolute atomic E-state index is 13.3. The highest BCUT2D eigenvalue weighted by molar-refractivity contribution is 7.89. The van der Waals surface area contributed by atoms with Gasteiger partial charge < -0.3 is 14.5 Å². The number of carbonyl (C=O) groups is 1. The maximum atomic E-state index is 13.3. The normalized spacial score (nSPS) is 26.9. The van der Waals surface area contributed by atoms with Crippen LogP contribution < -0.4 is 0 Å². The zero-order chi connectivity index (χ0) is 20.6. The standard InChI is InChI=1S/C20H31N3O4S/c1-14(2)19-22(20(24)21-12-16(4)27-17(5)13-21)10-11-23(19)28(25,26)18-8-6-15(3)7-9-18/h6-9,14,16-17,19H,10-13H2,1-5H3/t16-,17+,19-/m0/s1. The number of sulfonamides is 1. The molecule has 0 aromatic heterocycles. The van der Waals surface area contributed by atoms with Crippen LogP contribution >= 0.6 is 0 Å². The van der Waals surface area contributed by atoms with Gasteiger partial charge >= 0.3 is 6.03 Å². The third kappa shape index (κ3) is 4.04. The molecule has 7 nitrogen and oxygen atoms in total. The Morgan fingerprint density at radius 1 is 1.07 bits per heavy atom. The van der Waals surface area contributed by atoms with Crippen LogP contribution in [0.3, 0.4) is 0 Å². The summed E-state index contributed by atoms with van der Waals surface area (Å²) in [6, 6.07) is 6.76.